The van der Waals surface area contributed by atoms with Gasteiger partial charge in [0.1, 0.15) is 0 Å². The van der Waals surface area contributed by atoms with E-state index in [-0.39, 0.29) is 11.8 Å². The molecule has 15 heavy (non-hydrogen) atoms. The molecule has 1 aliphatic carbocycles. The standard InChI is InChI=1S/C11H17FO2S/c1-14-11(13)3-2-8-15-10-6-4-9(12)5-7-10/h4,10H,2-3,5-8H2,1H3. The molecule has 2 nitrogen and oxygen atoms in total. The van der Waals surface area contributed by atoms with E-state index in [1.54, 1.807) is 6.08 Å². The Bertz CT molecular complexity index is 241. The van der Waals surface area contributed by atoms with Crippen molar-refractivity contribution >= 4 is 17.7 Å². The predicted octanol–water partition coefficient (Wildman–Crippen LogP) is 3.08. The van der Waals surface area contributed by atoms with Crippen molar-refractivity contribution < 1.29 is 13.9 Å². The Labute approximate surface area is 94.3 Å². The molecule has 0 bridgehead atoms. The molecule has 1 atom stereocenters. The van der Waals surface area contributed by atoms with Gasteiger partial charge in [0, 0.05) is 11.7 Å². The van der Waals surface area contributed by atoms with Crippen molar-refractivity contribution in [3.05, 3.63) is 11.9 Å². The van der Waals surface area contributed by atoms with E-state index >= 15 is 0 Å². The number of methoxy groups -OCH3 is 1. The van der Waals surface area contributed by atoms with Crippen molar-refractivity contribution in [2.45, 2.75) is 37.4 Å². The normalized spacial score (nSPS) is 20.9. The SMILES string of the molecule is COC(=O)CCCSC1CC=C(F)CC1. The Morgan fingerprint density at radius 1 is 1.73 bits per heavy atom. The van der Waals surface area contributed by atoms with Gasteiger partial charge in [-0.3, -0.25) is 4.79 Å². The smallest absolute Gasteiger partial charge is 0.305 e. The van der Waals surface area contributed by atoms with E-state index in [1.165, 1.54) is 7.11 Å². The van der Waals surface area contributed by atoms with Crippen molar-refractivity contribution in [3.8, 4) is 0 Å². The van der Waals surface area contributed by atoms with E-state index in [9.17, 15) is 9.18 Å². The Morgan fingerprint density at radius 2 is 2.53 bits per heavy atom. The van der Waals surface area contributed by atoms with Gasteiger partial charge in [0.15, 0.2) is 0 Å². The number of thioether (sulfide) groups is 1. The molecule has 0 N–H and O–H groups in total. The van der Waals surface area contributed by atoms with Crippen LogP contribution in [-0.2, 0) is 9.53 Å². The predicted molar refractivity (Wildman–Crippen MR) is 60.5 cm³/mol. The van der Waals surface area contributed by atoms with Crippen molar-refractivity contribution in [1.82, 2.24) is 0 Å². The van der Waals surface area contributed by atoms with Gasteiger partial charge in [0.25, 0.3) is 0 Å². The Hall–Kier alpha value is -0.510. The zero-order chi connectivity index (χ0) is 11.1. The van der Waals surface area contributed by atoms with E-state index in [0.29, 0.717) is 18.1 Å². The molecule has 1 rings (SSSR count). The first-order chi connectivity index (χ1) is 7.22. The van der Waals surface area contributed by atoms with Crippen LogP contribution in [0, 0.1) is 0 Å². The molecule has 0 fully saturated rings. The van der Waals surface area contributed by atoms with Crippen LogP contribution in [0.15, 0.2) is 11.9 Å². The zero-order valence-corrected chi connectivity index (χ0v) is 9.82. The highest BCUT2D eigenvalue weighted by Gasteiger charge is 2.14. The Kier molecular flexibility index (Phi) is 5.76. The van der Waals surface area contributed by atoms with Gasteiger partial charge in [-0.1, -0.05) is 6.08 Å². The third kappa shape index (κ3) is 5.21. The summed E-state index contributed by atoms with van der Waals surface area (Å²) in [4.78, 5) is 10.8. The molecule has 0 aliphatic heterocycles. The topological polar surface area (TPSA) is 26.3 Å². The summed E-state index contributed by atoms with van der Waals surface area (Å²) in [5, 5.41) is 0.530. The second-order valence-corrected chi connectivity index (χ2v) is 5.01. The van der Waals surface area contributed by atoms with E-state index in [1.807, 2.05) is 11.8 Å². The average Bonchev–Trinajstić information content (AvgIpc) is 2.26. The molecule has 0 aromatic carbocycles. The maximum Gasteiger partial charge on any atom is 0.305 e. The van der Waals surface area contributed by atoms with Crippen molar-refractivity contribution in [1.29, 1.82) is 0 Å². The maximum atomic E-state index is 12.7. The summed E-state index contributed by atoms with van der Waals surface area (Å²) in [5.41, 5.74) is 0. The molecule has 4 heteroatoms. The molecule has 0 saturated heterocycles. The van der Waals surface area contributed by atoms with Crippen molar-refractivity contribution in [2.24, 2.45) is 0 Å². The molecule has 1 aliphatic rings. The molecule has 86 valence electrons. The first-order valence-electron chi connectivity index (χ1n) is 5.25. The van der Waals surface area contributed by atoms with Crippen LogP contribution < -0.4 is 0 Å². The summed E-state index contributed by atoms with van der Waals surface area (Å²) >= 11 is 1.83. The number of halogens is 1. The van der Waals surface area contributed by atoms with Crippen LogP contribution in [0.3, 0.4) is 0 Å². The summed E-state index contributed by atoms with van der Waals surface area (Å²) < 4.78 is 17.2. The molecule has 0 amide bonds. The minimum absolute atomic E-state index is 0.0291. The number of esters is 1. The molecule has 1 unspecified atom stereocenters. The second kappa shape index (κ2) is 6.88. The largest absolute Gasteiger partial charge is 0.469 e. The first kappa shape index (κ1) is 12.6. The third-order valence-corrected chi connectivity index (χ3v) is 3.84. The number of carbonyl (C=O) groups excluding carboxylic acids is 1. The molecule has 0 heterocycles. The maximum absolute atomic E-state index is 12.7. The minimum Gasteiger partial charge on any atom is -0.469 e. The monoisotopic (exact) mass is 232 g/mol. The zero-order valence-electron chi connectivity index (χ0n) is 9.00. The van der Waals surface area contributed by atoms with Gasteiger partial charge in [-0.25, -0.2) is 4.39 Å². The quantitative estimate of drug-likeness (QED) is 0.538. The highest BCUT2D eigenvalue weighted by molar-refractivity contribution is 7.99. The van der Waals surface area contributed by atoms with Crippen LogP contribution in [0.4, 0.5) is 4.39 Å². The van der Waals surface area contributed by atoms with Gasteiger partial charge < -0.3 is 4.74 Å². The number of allylic oxidation sites excluding steroid dienone is 2. The third-order valence-electron chi connectivity index (χ3n) is 2.41. The fraction of sp³-hybridized carbons (Fsp3) is 0.727. The average molecular weight is 232 g/mol. The molecule has 0 aromatic heterocycles. The fourth-order valence-electron chi connectivity index (χ4n) is 1.50. The summed E-state index contributed by atoms with van der Waals surface area (Å²) in [7, 11) is 1.41. The highest BCUT2D eigenvalue weighted by atomic mass is 32.2. The Morgan fingerprint density at radius 3 is 3.13 bits per heavy atom. The molecule has 0 spiro atoms. The minimum atomic E-state index is -0.148. The Balaban J connectivity index is 2.03. The van der Waals surface area contributed by atoms with Gasteiger partial charge >= 0.3 is 5.97 Å². The second-order valence-electron chi connectivity index (χ2n) is 3.60. The molecular weight excluding hydrogens is 215 g/mol. The number of hydrogen-bond donors (Lipinski definition) is 0. The van der Waals surface area contributed by atoms with Crippen LogP contribution in [0.5, 0.6) is 0 Å². The van der Waals surface area contributed by atoms with Crippen LogP contribution in [0.25, 0.3) is 0 Å². The lowest BCUT2D eigenvalue weighted by Crippen LogP contribution is -2.08. The number of ether oxygens (including phenoxy) is 1. The van der Waals surface area contributed by atoms with Gasteiger partial charge in [0.2, 0.25) is 0 Å². The van der Waals surface area contributed by atoms with E-state index in [0.717, 1.165) is 25.0 Å². The lowest BCUT2D eigenvalue weighted by molar-refractivity contribution is -0.140. The lowest BCUT2D eigenvalue weighted by atomic mass is 10.1. The highest BCUT2D eigenvalue weighted by Crippen LogP contribution is 2.28. The van der Waals surface area contributed by atoms with Crippen LogP contribution in [0.2, 0.25) is 0 Å². The number of carbonyl (C=O) groups is 1. The first-order valence-corrected chi connectivity index (χ1v) is 6.30. The van der Waals surface area contributed by atoms with Crippen molar-refractivity contribution in [2.75, 3.05) is 12.9 Å². The summed E-state index contributed by atoms with van der Waals surface area (Å²) in [5.74, 6) is 0.835. The molecule has 0 aromatic rings. The number of rotatable bonds is 5. The van der Waals surface area contributed by atoms with Crippen LogP contribution in [-0.4, -0.2) is 24.1 Å². The van der Waals surface area contributed by atoms with Crippen LogP contribution >= 0.6 is 11.8 Å². The van der Waals surface area contributed by atoms with Crippen molar-refractivity contribution in [3.63, 3.8) is 0 Å². The molecular formula is C11H17FO2S. The lowest BCUT2D eigenvalue weighted by Gasteiger charge is -2.17. The molecule has 0 radical (unpaired) electrons. The molecule has 0 saturated carbocycles. The van der Waals surface area contributed by atoms with Gasteiger partial charge in [-0.05, 0) is 31.4 Å². The summed E-state index contributed by atoms with van der Waals surface area (Å²) in [6.45, 7) is 0. The van der Waals surface area contributed by atoms with Crippen LogP contribution in [0.1, 0.15) is 32.1 Å². The summed E-state index contributed by atoms with van der Waals surface area (Å²) in [6.07, 6.45) is 5.34. The van der Waals surface area contributed by atoms with E-state index in [4.69, 9.17) is 0 Å². The van der Waals surface area contributed by atoms with E-state index < -0.39 is 0 Å². The van der Waals surface area contributed by atoms with E-state index in [2.05, 4.69) is 4.74 Å². The van der Waals surface area contributed by atoms with Gasteiger partial charge in [0.05, 0.1) is 12.9 Å². The van der Waals surface area contributed by atoms with Gasteiger partial charge in [-0.2, -0.15) is 11.8 Å². The number of hydrogen-bond acceptors (Lipinski definition) is 3. The summed E-state index contributed by atoms with van der Waals surface area (Å²) in [6, 6.07) is 0. The fourth-order valence-corrected chi connectivity index (χ4v) is 2.66. The van der Waals surface area contributed by atoms with Gasteiger partial charge in [-0.15, -0.1) is 0 Å².